The van der Waals surface area contributed by atoms with E-state index in [9.17, 15) is 4.79 Å². The van der Waals surface area contributed by atoms with Gasteiger partial charge in [-0.1, -0.05) is 6.92 Å². The molecule has 1 aromatic carbocycles. The van der Waals surface area contributed by atoms with Crippen molar-refractivity contribution in [3.63, 3.8) is 0 Å². The van der Waals surface area contributed by atoms with Gasteiger partial charge in [0, 0.05) is 18.2 Å². The molecule has 0 radical (unpaired) electrons. The molecule has 5 heteroatoms. The monoisotopic (exact) mass is 312 g/mol. The Hall–Kier alpha value is -1.26. The van der Waals surface area contributed by atoms with E-state index in [0.717, 1.165) is 12.2 Å². The molecule has 0 aromatic heterocycles. The van der Waals surface area contributed by atoms with Crippen LogP contribution in [0.25, 0.3) is 0 Å². The highest BCUT2D eigenvalue weighted by Gasteiger charge is 2.28. The van der Waals surface area contributed by atoms with Crippen LogP contribution in [0.15, 0.2) is 24.3 Å². The number of nitrogens with two attached hydrogens (primary N) is 1. The van der Waals surface area contributed by atoms with Crippen LogP contribution in [0.2, 0.25) is 0 Å². The zero-order chi connectivity index (χ0) is 14.5. The summed E-state index contributed by atoms with van der Waals surface area (Å²) in [5.74, 6) is 1.32. The third-order valence-corrected chi connectivity index (χ3v) is 3.75. The van der Waals surface area contributed by atoms with E-state index in [1.165, 1.54) is 12.8 Å². The summed E-state index contributed by atoms with van der Waals surface area (Å²) in [4.78, 5) is 12.0. The van der Waals surface area contributed by atoms with Crippen LogP contribution in [0.3, 0.4) is 0 Å². The molecule has 1 saturated carbocycles. The van der Waals surface area contributed by atoms with Crippen LogP contribution in [0.1, 0.15) is 43.5 Å². The second-order valence-corrected chi connectivity index (χ2v) is 5.57. The van der Waals surface area contributed by atoms with Crippen LogP contribution in [0.5, 0.6) is 5.75 Å². The Balaban J connectivity index is 0.00000220. The van der Waals surface area contributed by atoms with Crippen LogP contribution in [-0.4, -0.2) is 24.6 Å². The fraction of sp³-hybridized carbons (Fsp3) is 0.562. The predicted octanol–water partition coefficient (Wildman–Crippen LogP) is 2.75. The van der Waals surface area contributed by atoms with E-state index < -0.39 is 0 Å². The number of amides is 1. The number of benzene rings is 1. The van der Waals surface area contributed by atoms with E-state index in [-0.39, 0.29) is 30.5 Å². The molecule has 3 N–H and O–H groups in total. The van der Waals surface area contributed by atoms with Crippen molar-refractivity contribution in [2.24, 2.45) is 11.7 Å². The fourth-order valence-corrected chi connectivity index (χ4v) is 2.00. The largest absolute Gasteiger partial charge is 0.491 e. The number of carbonyl (C=O) groups is 1. The number of hydrogen-bond acceptors (Lipinski definition) is 3. The zero-order valence-electron chi connectivity index (χ0n) is 12.7. The molecule has 0 saturated heterocycles. The highest BCUT2D eigenvalue weighted by molar-refractivity contribution is 5.94. The lowest BCUT2D eigenvalue weighted by atomic mass is 10.1. The van der Waals surface area contributed by atoms with Gasteiger partial charge < -0.3 is 15.8 Å². The fourth-order valence-electron chi connectivity index (χ4n) is 2.00. The molecule has 0 heterocycles. The van der Waals surface area contributed by atoms with Gasteiger partial charge >= 0.3 is 0 Å². The van der Waals surface area contributed by atoms with E-state index in [1.807, 2.05) is 19.1 Å². The maximum atomic E-state index is 12.0. The van der Waals surface area contributed by atoms with Gasteiger partial charge in [0.15, 0.2) is 0 Å². The molecule has 0 bridgehead atoms. The Morgan fingerprint density at radius 3 is 2.52 bits per heavy atom. The Kier molecular flexibility index (Phi) is 6.99. The molecule has 1 amide bonds. The van der Waals surface area contributed by atoms with E-state index in [0.29, 0.717) is 18.0 Å². The van der Waals surface area contributed by atoms with Crippen molar-refractivity contribution in [1.29, 1.82) is 0 Å². The molecule has 2 atom stereocenters. The van der Waals surface area contributed by atoms with Crippen LogP contribution in [0, 0.1) is 5.92 Å². The number of carbonyl (C=O) groups excluding carboxylic acids is 1. The number of ether oxygens (including phenoxy) is 1. The molecule has 1 fully saturated rings. The lowest BCUT2D eigenvalue weighted by Crippen LogP contribution is -2.38. The van der Waals surface area contributed by atoms with Gasteiger partial charge in [-0.05, 0) is 56.4 Å². The minimum Gasteiger partial charge on any atom is -0.491 e. The summed E-state index contributed by atoms with van der Waals surface area (Å²) in [6.07, 6.45) is 3.53. The van der Waals surface area contributed by atoms with Gasteiger partial charge in [0.05, 0.1) is 6.10 Å². The molecule has 0 aliphatic heterocycles. The van der Waals surface area contributed by atoms with Gasteiger partial charge in [0.2, 0.25) is 0 Å². The first-order valence-electron chi connectivity index (χ1n) is 7.40. The van der Waals surface area contributed by atoms with E-state index in [4.69, 9.17) is 10.5 Å². The molecule has 21 heavy (non-hydrogen) atoms. The van der Waals surface area contributed by atoms with Crippen molar-refractivity contribution in [3.8, 4) is 5.75 Å². The van der Waals surface area contributed by atoms with E-state index >= 15 is 0 Å². The van der Waals surface area contributed by atoms with Crippen LogP contribution in [-0.2, 0) is 0 Å². The Labute approximate surface area is 132 Å². The summed E-state index contributed by atoms with van der Waals surface area (Å²) in [5, 5.41) is 2.89. The van der Waals surface area contributed by atoms with Gasteiger partial charge in [0.25, 0.3) is 5.91 Å². The normalized spacial score (nSPS) is 16.5. The third kappa shape index (κ3) is 5.56. The smallest absolute Gasteiger partial charge is 0.251 e. The maximum absolute atomic E-state index is 12.0. The first-order valence-corrected chi connectivity index (χ1v) is 7.40. The van der Waals surface area contributed by atoms with Crippen LogP contribution < -0.4 is 15.8 Å². The maximum Gasteiger partial charge on any atom is 0.251 e. The van der Waals surface area contributed by atoms with Gasteiger partial charge in [0.1, 0.15) is 5.75 Å². The second kappa shape index (κ2) is 8.25. The summed E-state index contributed by atoms with van der Waals surface area (Å²) >= 11 is 0. The summed E-state index contributed by atoms with van der Waals surface area (Å²) in [5.41, 5.74) is 6.61. The van der Waals surface area contributed by atoms with E-state index in [1.54, 1.807) is 12.1 Å². The minimum atomic E-state index is -0.0730. The highest BCUT2D eigenvalue weighted by Crippen LogP contribution is 2.31. The summed E-state index contributed by atoms with van der Waals surface area (Å²) in [7, 11) is 0. The minimum absolute atomic E-state index is 0. The zero-order valence-corrected chi connectivity index (χ0v) is 13.5. The third-order valence-electron chi connectivity index (χ3n) is 3.75. The average Bonchev–Trinajstić information content (AvgIpc) is 3.29. The Bertz CT molecular complexity index is 446. The predicted molar refractivity (Wildman–Crippen MR) is 87.1 cm³/mol. The molecule has 118 valence electrons. The molecule has 2 unspecified atom stereocenters. The molecule has 2 rings (SSSR count). The van der Waals surface area contributed by atoms with Crippen molar-refractivity contribution >= 4 is 18.3 Å². The summed E-state index contributed by atoms with van der Waals surface area (Å²) in [6, 6.07) is 7.33. The second-order valence-electron chi connectivity index (χ2n) is 5.57. The number of halogens is 1. The lowest BCUT2D eigenvalue weighted by Gasteiger charge is -2.13. The number of rotatable bonds is 7. The SMILES string of the molecule is CCC(C)Oc1ccc(C(=O)NCC(N)C2CC2)cc1.Cl. The molecule has 1 aliphatic rings. The van der Waals surface area contributed by atoms with Crippen molar-refractivity contribution < 1.29 is 9.53 Å². The average molecular weight is 313 g/mol. The van der Waals surface area contributed by atoms with Crippen molar-refractivity contribution in [2.45, 2.75) is 45.3 Å². The van der Waals surface area contributed by atoms with Gasteiger partial charge in [-0.2, -0.15) is 0 Å². The topological polar surface area (TPSA) is 64.3 Å². The van der Waals surface area contributed by atoms with Crippen molar-refractivity contribution in [3.05, 3.63) is 29.8 Å². The quantitative estimate of drug-likeness (QED) is 0.813. The summed E-state index contributed by atoms with van der Waals surface area (Å²) in [6.45, 7) is 4.66. The molecule has 4 nitrogen and oxygen atoms in total. The lowest BCUT2D eigenvalue weighted by molar-refractivity contribution is 0.0950. The van der Waals surface area contributed by atoms with Crippen molar-refractivity contribution in [2.75, 3.05) is 6.54 Å². The highest BCUT2D eigenvalue weighted by atomic mass is 35.5. The van der Waals surface area contributed by atoms with Gasteiger partial charge in [-0.25, -0.2) is 0 Å². The van der Waals surface area contributed by atoms with Crippen LogP contribution in [0.4, 0.5) is 0 Å². The number of nitrogens with one attached hydrogen (secondary N) is 1. The van der Waals surface area contributed by atoms with E-state index in [2.05, 4.69) is 12.2 Å². The molecule has 1 aromatic rings. The Morgan fingerprint density at radius 1 is 1.38 bits per heavy atom. The van der Waals surface area contributed by atoms with Crippen LogP contribution >= 0.6 is 12.4 Å². The first kappa shape index (κ1) is 17.8. The molecular weight excluding hydrogens is 288 g/mol. The molecule has 1 aliphatic carbocycles. The number of hydrogen-bond donors (Lipinski definition) is 2. The van der Waals surface area contributed by atoms with Gasteiger partial charge in [-0.15, -0.1) is 12.4 Å². The standard InChI is InChI=1S/C16H24N2O2.ClH/c1-3-11(2)20-14-8-6-13(7-9-14)16(19)18-10-15(17)12-4-5-12;/h6-9,11-12,15H,3-5,10,17H2,1-2H3,(H,18,19);1H. The van der Waals surface area contributed by atoms with Gasteiger partial charge in [-0.3, -0.25) is 4.79 Å². The van der Waals surface area contributed by atoms with Crippen molar-refractivity contribution in [1.82, 2.24) is 5.32 Å². The summed E-state index contributed by atoms with van der Waals surface area (Å²) < 4.78 is 5.68. The first-order chi connectivity index (χ1) is 9.60. The Morgan fingerprint density at radius 2 is 2.00 bits per heavy atom. The molecular formula is C16H25ClN2O2. The molecule has 0 spiro atoms.